The molecule has 1 aromatic carbocycles. The highest BCUT2D eigenvalue weighted by molar-refractivity contribution is 8.01. The average Bonchev–Trinajstić information content (AvgIpc) is 2.51. The quantitative estimate of drug-likeness (QED) is 0.591. The molecule has 0 aliphatic heterocycles. The minimum atomic E-state index is -0.245. The summed E-state index contributed by atoms with van der Waals surface area (Å²) in [7, 11) is 0. The Morgan fingerprint density at radius 3 is 2.43 bits per heavy atom. The van der Waals surface area contributed by atoms with Crippen molar-refractivity contribution in [3.05, 3.63) is 29.8 Å². The van der Waals surface area contributed by atoms with E-state index in [9.17, 15) is 9.59 Å². The Kier molecular flexibility index (Phi) is 11.6. The molecule has 0 radical (unpaired) electrons. The van der Waals surface area contributed by atoms with Gasteiger partial charge in [0.15, 0.2) is 0 Å². The molecule has 7 heteroatoms. The molecule has 0 aliphatic carbocycles. The number of rotatable bonds is 9. The van der Waals surface area contributed by atoms with Gasteiger partial charge in [-0.3, -0.25) is 9.59 Å². The number of anilines is 1. The van der Waals surface area contributed by atoms with E-state index in [-0.39, 0.29) is 35.2 Å². The van der Waals surface area contributed by atoms with Crippen LogP contribution in [0.4, 0.5) is 5.69 Å². The predicted molar refractivity (Wildman–Crippen MR) is 101 cm³/mol. The number of hydrogen-bond acceptors (Lipinski definition) is 4. The fourth-order valence-corrected chi connectivity index (χ4v) is 2.41. The van der Waals surface area contributed by atoms with Gasteiger partial charge < -0.3 is 16.0 Å². The molecule has 23 heavy (non-hydrogen) atoms. The second-order valence-corrected chi connectivity index (χ2v) is 6.34. The van der Waals surface area contributed by atoms with Gasteiger partial charge in [0.05, 0.1) is 11.0 Å². The zero-order chi connectivity index (χ0) is 16.4. The fraction of sp³-hybridized carbons (Fsp3) is 0.500. The number of amides is 2. The number of benzene rings is 1. The van der Waals surface area contributed by atoms with Crippen LogP contribution in [0, 0.1) is 6.92 Å². The predicted octanol–water partition coefficient (Wildman–Crippen LogP) is 2.20. The zero-order valence-corrected chi connectivity index (χ0v) is 15.5. The maximum atomic E-state index is 11.8. The van der Waals surface area contributed by atoms with Crippen molar-refractivity contribution in [1.82, 2.24) is 10.6 Å². The number of nitrogens with one attached hydrogen (secondary N) is 3. The number of thioether (sulfide) groups is 1. The molecular weight excluding hydrogens is 334 g/mol. The van der Waals surface area contributed by atoms with Crippen LogP contribution in [0.2, 0.25) is 0 Å². The van der Waals surface area contributed by atoms with Crippen molar-refractivity contribution in [3.63, 3.8) is 0 Å². The van der Waals surface area contributed by atoms with Crippen molar-refractivity contribution in [2.24, 2.45) is 0 Å². The number of likely N-dealkylation sites (N-methyl/N-ethyl adjacent to an activating group) is 1. The van der Waals surface area contributed by atoms with Crippen molar-refractivity contribution in [2.45, 2.75) is 26.0 Å². The molecule has 1 atom stereocenters. The molecule has 5 nitrogen and oxygen atoms in total. The molecule has 1 unspecified atom stereocenters. The third-order valence-corrected chi connectivity index (χ3v) is 4.16. The number of halogens is 1. The molecule has 0 bridgehead atoms. The zero-order valence-electron chi connectivity index (χ0n) is 13.8. The van der Waals surface area contributed by atoms with E-state index in [0.717, 1.165) is 24.3 Å². The summed E-state index contributed by atoms with van der Waals surface area (Å²) in [5.74, 6) is 0.127. The van der Waals surface area contributed by atoms with Crippen LogP contribution in [0.1, 0.15) is 19.4 Å². The lowest BCUT2D eigenvalue weighted by molar-refractivity contribution is -0.120. The van der Waals surface area contributed by atoms with Crippen LogP contribution >= 0.6 is 24.2 Å². The van der Waals surface area contributed by atoms with Crippen molar-refractivity contribution in [1.29, 1.82) is 0 Å². The SMILES string of the molecule is CCNCCNC(=O)C(C)SCC(=O)Nc1ccc(C)cc1.Cl. The van der Waals surface area contributed by atoms with E-state index >= 15 is 0 Å². The first-order valence-corrected chi connectivity index (χ1v) is 8.54. The van der Waals surface area contributed by atoms with Crippen molar-refractivity contribution in [2.75, 3.05) is 30.7 Å². The number of aryl methyl sites for hydroxylation is 1. The topological polar surface area (TPSA) is 70.2 Å². The summed E-state index contributed by atoms with van der Waals surface area (Å²) in [4.78, 5) is 23.7. The van der Waals surface area contributed by atoms with Crippen LogP contribution in [0.25, 0.3) is 0 Å². The molecule has 0 fully saturated rings. The second kappa shape index (κ2) is 12.2. The molecule has 0 saturated heterocycles. The van der Waals surface area contributed by atoms with Crippen LogP contribution < -0.4 is 16.0 Å². The lowest BCUT2D eigenvalue weighted by Crippen LogP contribution is -2.36. The van der Waals surface area contributed by atoms with Crippen molar-refractivity contribution < 1.29 is 9.59 Å². The second-order valence-electron chi connectivity index (χ2n) is 5.01. The van der Waals surface area contributed by atoms with Crippen LogP contribution in [-0.2, 0) is 9.59 Å². The standard InChI is InChI=1S/C16H25N3O2S.ClH/c1-4-17-9-10-18-16(21)13(3)22-11-15(20)19-14-7-5-12(2)6-8-14;/h5-8,13,17H,4,9-11H2,1-3H3,(H,18,21)(H,19,20);1H. The summed E-state index contributed by atoms with van der Waals surface area (Å²) < 4.78 is 0. The van der Waals surface area contributed by atoms with Gasteiger partial charge in [-0.25, -0.2) is 0 Å². The van der Waals surface area contributed by atoms with Crippen molar-refractivity contribution >= 4 is 41.7 Å². The lowest BCUT2D eigenvalue weighted by Gasteiger charge is -2.12. The summed E-state index contributed by atoms with van der Waals surface area (Å²) in [6, 6.07) is 7.63. The highest BCUT2D eigenvalue weighted by atomic mass is 35.5. The first-order valence-electron chi connectivity index (χ1n) is 7.49. The van der Waals surface area contributed by atoms with Crippen LogP contribution in [0.5, 0.6) is 0 Å². The van der Waals surface area contributed by atoms with Gasteiger partial charge in [0.25, 0.3) is 0 Å². The molecule has 0 heterocycles. The van der Waals surface area contributed by atoms with E-state index in [1.807, 2.05) is 45.0 Å². The summed E-state index contributed by atoms with van der Waals surface area (Å²) >= 11 is 1.33. The smallest absolute Gasteiger partial charge is 0.234 e. The van der Waals surface area contributed by atoms with Gasteiger partial charge in [-0.1, -0.05) is 24.6 Å². The number of carbonyl (C=O) groups is 2. The van der Waals surface area contributed by atoms with E-state index in [4.69, 9.17) is 0 Å². The fourth-order valence-electron chi connectivity index (χ4n) is 1.70. The summed E-state index contributed by atoms with van der Waals surface area (Å²) in [6.07, 6.45) is 0. The molecule has 3 N–H and O–H groups in total. The highest BCUT2D eigenvalue weighted by Gasteiger charge is 2.14. The van der Waals surface area contributed by atoms with E-state index in [0.29, 0.717) is 6.54 Å². The summed E-state index contributed by atoms with van der Waals surface area (Å²) in [6.45, 7) is 8.08. The maximum absolute atomic E-state index is 11.8. The molecule has 130 valence electrons. The highest BCUT2D eigenvalue weighted by Crippen LogP contribution is 2.13. The normalized spacial score (nSPS) is 11.3. The molecule has 1 aromatic rings. The van der Waals surface area contributed by atoms with E-state index in [2.05, 4.69) is 16.0 Å². The largest absolute Gasteiger partial charge is 0.354 e. The molecule has 0 saturated carbocycles. The van der Waals surface area contributed by atoms with Crippen molar-refractivity contribution in [3.8, 4) is 0 Å². The monoisotopic (exact) mass is 359 g/mol. The van der Waals surface area contributed by atoms with Crippen LogP contribution in [-0.4, -0.2) is 42.5 Å². The Morgan fingerprint density at radius 1 is 1.17 bits per heavy atom. The molecule has 0 aromatic heterocycles. The van der Waals surface area contributed by atoms with Gasteiger partial charge in [0.1, 0.15) is 0 Å². The molecular formula is C16H26ClN3O2S. The van der Waals surface area contributed by atoms with Gasteiger partial charge in [0, 0.05) is 18.8 Å². The lowest BCUT2D eigenvalue weighted by atomic mass is 10.2. The Bertz CT molecular complexity index is 483. The van der Waals surface area contributed by atoms with E-state index in [1.54, 1.807) is 0 Å². The molecule has 1 rings (SSSR count). The number of carbonyl (C=O) groups excluding carboxylic acids is 2. The van der Waals surface area contributed by atoms with Crippen LogP contribution in [0.15, 0.2) is 24.3 Å². The van der Waals surface area contributed by atoms with Gasteiger partial charge in [-0.15, -0.1) is 24.2 Å². The number of hydrogen-bond donors (Lipinski definition) is 3. The van der Waals surface area contributed by atoms with Gasteiger partial charge in [-0.05, 0) is 32.5 Å². The van der Waals surface area contributed by atoms with Gasteiger partial charge >= 0.3 is 0 Å². The van der Waals surface area contributed by atoms with Gasteiger partial charge in [-0.2, -0.15) is 0 Å². The third-order valence-electron chi connectivity index (χ3n) is 3.02. The molecule has 0 spiro atoms. The minimum Gasteiger partial charge on any atom is -0.354 e. The van der Waals surface area contributed by atoms with E-state index in [1.165, 1.54) is 11.8 Å². The molecule has 0 aliphatic rings. The summed E-state index contributed by atoms with van der Waals surface area (Å²) in [5, 5.41) is 8.56. The maximum Gasteiger partial charge on any atom is 0.234 e. The average molecular weight is 360 g/mol. The Morgan fingerprint density at radius 2 is 1.83 bits per heavy atom. The Hall–Kier alpha value is -1.24. The first kappa shape index (κ1) is 21.8. The first-order chi connectivity index (χ1) is 10.5. The third kappa shape index (κ3) is 9.48. The van der Waals surface area contributed by atoms with Crippen LogP contribution in [0.3, 0.4) is 0 Å². The Labute approximate surface area is 148 Å². The van der Waals surface area contributed by atoms with Gasteiger partial charge in [0.2, 0.25) is 11.8 Å². The minimum absolute atomic E-state index is 0. The molecule has 2 amide bonds. The summed E-state index contributed by atoms with van der Waals surface area (Å²) in [5.41, 5.74) is 1.93. The van der Waals surface area contributed by atoms with E-state index < -0.39 is 0 Å². The Balaban J connectivity index is 0.00000484.